The van der Waals surface area contributed by atoms with E-state index in [0.717, 1.165) is 30.5 Å². The highest BCUT2D eigenvalue weighted by Gasteiger charge is 2.31. The van der Waals surface area contributed by atoms with Crippen LogP contribution in [0.5, 0.6) is 5.75 Å². The molecule has 2 aromatic carbocycles. The predicted octanol–water partition coefficient (Wildman–Crippen LogP) is 7.15. The van der Waals surface area contributed by atoms with E-state index in [-0.39, 0.29) is 34.9 Å². The maximum atomic E-state index is 15.3. The third-order valence-corrected chi connectivity index (χ3v) is 6.79. The molecule has 0 radical (unpaired) electrons. The highest BCUT2D eigenvalue weighted by molar-refractivity contribution is 6.05. The van der Waals surface area contributed by atoms with Crippen molar-refractivity contribution in [2.24, 2.45) is 0 Å². The van der Waals surface area contributed by atoms with Gasteiger partial charge in [-0.25, -0.2) is 9.07 Å². The van der Waals surface area contributed by atoms with E-state index in [0.29, 0.717) is 23.9 Å². The first-order valence-corrected chi connectivity index (χ1v) is 13.8. The van der Waals surface area contributed by atoms with Crippen molar-refractivity contribution in [1.29, 1.82) is 0 Å². The van der Waals surface area contributed by atoms with Crippen LogP contribution >= 0.6 is 0 Å². The molecule has 1 atom stereocenters. The number of fused-ring (bicyclic) bond motifs is 1. The van der Waals surface area contributed by atoms with Crippen LogP contribution in [0, 0.1) is 5.82 Å². The number of alkyl halides is 3. The average Bonchev–Trinajstić information content (AvgIpc) is 3.31. The smallest absolute Gasteiger partial charge is 0.393 e. The van der Waals surface area contributed by atoms with Gasteiger partial charge < -0.3 is 14.8 Å². The van der Waals surface area contributed by atoms with Crippen molar-refractivity contribution in [2.45, 2.75) is 71.0 Å². The van der Waals surface area contributed by atoms with Gasteiger partial charge in [0.25, 0.3) is 5.91 Å². The van der Waals surface area contributed by atoms with Crippen molar-refractivity contribution in [3.63, 3.8) is 0 Å². The number of nitrogens with zero attached hydrogens (tertiary/aromatic N) is 3. The molecule has 42 heavy (non-hydrogen) atoms. The van der Waals surface area contributed by atoms with E-state index in [4.69, 9.17) is 9.47 Å². The van der Waals surface area contributed by atoms with E-state index >= 15 is 4.39 Å². The van der Waals surface area contributed by atoms with Gasteiger partial charge in [0.15, 0.2) is 23.5 Å². The molecule has 2 aromatic heterocycles. The van der Waals surface area contributed by atoms with Crippen LogP contribution in [0.4, 0.5) is 17.6 Å². The molecular weight excluding hydrogens is 552 g/mol. The van der Waals surface area contributed by atoms with Gasteiger partial charge in [-0.2, -0.15) is 18.3 Å². The Labute approximate surface area is 240 Å². The number of carbonyl (C=O) groups excluding carboxylic acids is 1. The fraction of sp³-hybridized carbons (Fsp3) is 0.387. The maximum absolute atomic E-state index is 15.3. The SMILES string of the molecule is CC(C)(C)NC(=O)c1nn(C2CCCCO2)c2cc(-c3cc(F)c(OCc4ccccc4)cc3CC(F)(F)F)ncc12. The van der Waals surface area contributed by atoms with Crippen LogP contribution in [-0.2, 0) is 17.8 Å². The van der Waals surface area contributed by atoms with Crippen LogP contribution in [0.25, 0.3) is 22.2 Å². The van der Waals surface area contributed by atoms with Crippen molar-refractivity contribution < 1.29 is 31.8 Å². The van der Waals surface area contributed by atoms with E-state index in [1.165, 1.54) is 12.3 Å². The first kappa shape index (κ1) is 29.5. The van der Waals surface area contributed by atoms with Gasteiger partial charge in [0.1, 0.15) is 6.61 Å². The highest BCUT2D eigenvalue weighted by Crippen LogP contribution is 2.36. The lowest BCUT2D eigenvalue weighted by atomic mass is 9.99. The molecule has 1 N–H and O–H groups in total. The lowest BCUT2D eigenvalue weighted by Gasteiger charge is -2.23. The Morgan fingerprint density at radius 1 is 1.12 bits per heavy atom. The zero-order valence-electron chi connectivity index (χ0n) is 23.6. The van der Waals surface area contributed by atoms with Gasteiger partial charge in [-0.3, -0.25) is 9.78 Å². The second-order valence-electron chi connectivity index (χ2n) is 11.4. The minimum atomic E-state index is -4.57. The number of hydrogen-bond acceptors (Lipinski definition) is 5. The average molecular weight is 585 g/mol. The van der Waals surface area contributed by atoms with Crippen LogP contribution < -0.4 is 10.1 Å². The Balaban J connectivity index is 1.59. The molecule has 1 fully saturated rings. The second-order valence-corrected chi connectivity index (χ2v) is 11.4. The van der Waals surface area contributed by atoms with Crippen molar-refractivity contribution >= 4 is 16.8 Å². The Morgan fingerprint density at radius 3 is 2.55 bits per heavy atom. The molecule has 1 aliphatic rings. The molecule has 222 valence electrons. The molecule has 0 spiro atoms. The molecule has 11 heteroatoms. The number of nitrogens with one attached hydrogen (secondary N) is 1. The summed E-state index contributed by atoms with van der Waals surface area (Å²) in [4.78, 5) is 17.5. The lowest BCUT2D eigenvalue weighted by molar-refractivity contribution is -0.127. The van der Waals surface area contributed by atoms with Crippen molar-refractivity contribution in [2.75, 3.05) is 6.61 Å². The van der Waals surface area contributed by atoms with Gasteiger partial charge in [-0.1, -0.05) is 30.3 Å². The Bertz CT molecular complexity index is 1570. The number of carbonyl (C=O) groups is 1. The van der Waals surface area contributed by atoms with Crippen LogP contribution in [0.15, 0.2) is 54.7 Å². The van der Waals surface area contributed by atoms with Crippen LogP contribution in [0.3, 0.4) is 0 Å². The Morgan fingerprint density at radius 2 is 1.88 bits per heavy atom. The molecule has 4 aromatic rings. The zero-order valence-corrected chi connectivity index (χ0v) is 23.6. The summed E-state index contributed by atoms with van der Waals surface area (Å²) in [6, 6.07) is 12.6. The molecule has 0 saturated carbocycles. The summed E-state index contributed by atoms with van der Waals surface area (Å²) >= 11 is 0. The van der Waals surface area contributed by atoms with Gasteiger partial charge >= 0.3 is 6.18 Å². The van der Waals surface area contributed by atoms with Crippen LogP contribution in [0.1, 0.15) is 67.9 Å². The number of amides is 1. The maximum Gasteiger partial charge on any atom is 0.393 e. The fourth-order valence-electron chi connectivity index (χ4n) is 4.93. The summed E-state index contributed by atoms with van der Waals surface area (Å²) in [7, 11) is 0. The Hall–Kier alpha value is -3.99. The molecule has 0 bridgehead atoms. The topological polar surface area (TPSA) is 78.3 Å². The lowest BCUT2D eigenvalue weighted by Crippen LogP contribution is -2.40. The monoisotopic (exact) mass is 584 g/mol. The zero-order chi connectivity index (χ0) is 30.1. The Kier molecular flexibility index (Phi) is 8.23. The predicted molar refractivity (Wildman–Crippen MR) is 150 cm³/mol. The minimum absolute atomic E-state index is 0.00719. The van der Waals surface area contributed by atoms with Crippen LogP contribution in [0.2, 0.25) is 0 Å². The van der Waals surface area contributed by atoms with E-state index in [2.05, 4.69) is 15.4 Å². The van der Waals surface area contributed by atoms with E-state index < -0.39 is 36.1 Å². The number of pyridine rings is 1. The standard InChI is InChI=1S/C31H32F4N4O3/c1-30(2,3)37-29(40)28-22-17-36-24(15-25(22)39(38-28)27-11-7-8-12-41-27)21-14-23(32)26(13-20(21)16-31(33,34)35)42-18-19-9-5-4-6-10-19/h4-6,9-10,13-15,17,27H,7-8,11-12,16,18H2,1-3H3,(H,37,40). The normalized spacial score (nSPS) is 16.0. The number of aromatic nitrogens is 3. The second kappa shape index (κ2) is 11.7. The number of hydrogen-bond donors (Lipinski definition) is 1. The summed E-state index contributed by atoms with van der Waals surface area (Å²) in [5.74, 6) is -1.52. The summed E-state index contributed by atoms with van der Waals surface area (Å²) in [5.41, 5.74) is 0.676. The van der Waals surface area contributed by atoms with Gasteiger partial charge in [0.05, 0.1) is 23.0 Å². The van der Waals surface area contributed by atoms with Crippen molar-refractivity contribution in [3.05, 3.63) is 77.4 Å². The number of benzene rings is 2. The molecule has 1 saturated heterocycles. The van der Waals surface area contributed by atoms with Crippen molar-refractivity contribution in [3.8, 4) is 17.0 Å². The van der Waals surface area contributed by atoms with E-state index in [1.807, 2.05) is 26.8 Å². The molecule has 1 unspecified atom stereocenters. The van der Waals surface area contributed by atoms with Gasteiger partial charge in [0.2, 0.25) is 0 Å². The number of ether oxygens (including phenoxy) is 2. The summed E-state index contributed by atoms with van der Waals surface area (Å²) in [6.45, 7) is 6.03. The van der Waals surface area contributed by atoms with E-state index in [1.54, 1.807) is 28.9 Å². The fourth-order valence-corrected chi connectivity index (χ4v) is 4.93. The molecular formula is C31H32F4N4O3. The molecule has 3 heterocycles. The first-order chi connectivity index (χ1) is 19.9. The first-order valence-electron chi connectivity index (χ1n) is 13.8. The third-order valence-electron chi connectivity index (χ3n) is 6.79. The van der Waals surface area contributed by atoms with Crippen molar-refractivity contribution in [1.82, 2.24) is 20.1 Å². The quantitative estimate of drug-likeness (QED) is 0.234. The van der Waals surface area contributed by atoms with Gasteiger partial charge in [-0.15, -0.1) is 0 Å². The summed E-state index contributed by atoms with van der Waals surface area (Å²) < 4.78 is 69.4. The molecule has 7 nitrogen and oxygen atoms in total. The summed E-state index contributed by atoms with van der Waals surface area (Å²) in [6.07, 6.45) is -2.53. The van der Waals surface area contributed by atoms with E-state index in [9.17, 15) is 18.0 Å². The molecule has 1 amide bonds. The van der Waals surface area contributed by atoms with Crippen LogP contribution in [-0.4, -0.2) is 39.0 Å². The minimum Gasteiger partial charge on any atom is -0.486 e. The summed E-state index contributed by atoms with van der Waals surface area (Å²) in [5, 5.41) is 7.87. The molecule has 5 rings (SSSR count). The highest BCUT2D eigenvalue weighted by atomic mass is 19.4. The molecule has 0 aliphatic carbocycles. The largest absolute Gasteiger partial charge is 0.486 e. The number of rotatable bonds is 7. The van der Waals surface area contributed by atoms with Gasteiger partial charge in [0, 0.05) is 23.9 Å². The number of halogens is 4. The molecule has 1 aliphatic heterocycles. The van der Waals surface area contributed by atoms with Gasteiger partial charge in [-0.05, 0) is 69.4 Å². The third kappa shape index (κ3) is 6.89.